The number of carbonyl (C=O) groups is 1. The molecular formula is C23H28N4O2S. The molecule has 2 aromatic heterocycles. The number of para-hydroxylation sites is 1. The van der Waals surface area contributed by atoms with E-state index in [0.29, 0.717) is 19.0 Å². The highest BCUT2D eigenvalue weighted by molar-refractivity contribution is 7.13. The Bertz CT molecular complexity index is 961. The zero-order valence-electron chi connectivity index (χ0n) is 17.5. The monoisotopic (exact) mass is 424 g/mol. The van der Waals surface area contributed by atoms with Crippen LogP contribution >= 0.6 is 11.3 Å². The molecule has 30 heavy (non-hydrogen) atoms. The van der Waals surface area contributed by atoms with Crippen molar-refractivity contribution in [2.45, 2.75) is 26.3 Å². The summed E-state index contributed by atoms with van der Waals surface area (Å²) in [5.41, 5.74) is 2.07. The van der Waals surface area contributed by atoms with Crippen molar-refractivity contribution in [3.05, 3.63) is 59.3 Å². The highest BCUT2D eigenvalue weighted by Gasteiger charge is 2.21. The van der Waals surface area contributed by atoms with Crippen LogP contribution in [0, 0.1) is 6.92 Å². The molecule has 0 unspecified atom stereocenters. The lowest BCUT2D eigenvalue weighted by Crippen LogP contribution is -2.52. The molecule has 1 N–H and O–H groups in total. The zero-order valence-corrected chi connectivity index (χ0v) is 18.3. The predicted octanol–water partition coefficient (Wildman–Crippen LogP) is 3.58. The van der Waals surface area contributed by atoms with Gasteiger partial charge in [-0.25, -0.2) is 4.98 Å². The van der Waals surface area contributed by atoms with E-state index < -0.39 is 0 Å². The lowest BCUT2D eigenvalue weighted by molar-refractivity contribution is -0.120. The van der Waals surface area contributed by atoms with Crippen molar-refractivity contribution in [2.24, 2.45) is 0 Å². The molecule has 1 aromatic carbocycles. The number of hydrogen-bond acceptors (Lipinski definition) is 6. The van der Waals surface area contributed by atoms with Crippen LogP contribution in [0.15, 0.2) is 52.3 Å². The van der Waals surface area contributed by atoms with Gasteiger partial charge in [-0.1, -0.05) is 18.2 Å². The number of aryl methyl sites for hydroxylation is 1. The second-order valence-electron chi connectivity index (χ2n) is 7.74. The van der Waals surface area contributed by atoms with Crippen LogP contribution in [0.2, 0.25) is 0 Å². The van der Waals surface area contributed by atoms with E-state index in [2.05, 4.69) is 57.4 Å². The van der Waals surface area contributed by atoms with Crippen molar-refractivity contribution >= 4 is 22.9 Å². The minimum absolute atomic E-state index is 0.0113. The largest absolute Gasteiger partial charge is 0.459 e. The van der Waals surface area contributed by atoms with Gasteiger partial charge in [0.2, 0.25) is 5.91 Å². The van der Waals surface area contributed by atoms with Crippen molar-refractivity contribution in [1.29, 1.82) is 0 Å². The maximum atomic E-state index is 12.4. The highest BCUT2D eigenvalue weighted by atomic mass is 32.1. The molecule has 0 spiro atoms. The minimum atomic E-state index is 0.0113. The second kappa shape index (κ2) is 9.45. The Morgan fingerprint density at radius 2 is 1.93 bits per heavy atom. The second-order valence-corrected chi connectivity index (χ2v) is 8.60. The Hall–Kier alpha value is -2.64. The van der Waals surface area contributed by atoms with Gasteiger partial charge < -0.3 is 14.6 Å². The number of carbonyl (C=O) groups excluding carboxylic acids is 1. The number of piperazine rings is 1. The molecule has 1 amide bonds. The molecule has 158 valence electrons. The summed E-state index contributed by atoms with van der Waals surface area (Å²) in [6, 6.07) is 14.7. The molecule has 0 aliphatic carbocycles. The summed E-state index contributed by atoms with van der Waals surface area (Å²) in [7, 11) is 0. The molecule has 1 atom stereocenters. The quantitative estimate of drug-likeness (QED) is 0.628. The number of hydrogen-bond donors (Lipinski definition) is 1. The van der Waals surface area contributed by atoms with Crippen LogP contribution in [0.4, 0.5) is 5.69 Å². The molecule has 0 saturated carbocycles. The van der Waals surface area contributed by atoms with E-state index >= 15 is 0 Å². The summed E-state index contributed by atoms with van der Waals surface area (Å²) >= 11 is 1.51. The Kier molecular flexibility index (Phi) is 6.50. The Morgan fingerprint density at radius 3 is 2.63 bits per heavy atom. The first-order valence-electron chi connectivity index (χ1n) is 10.4. The van der Waals surface area contributed by atoms with Crippen LogP contribution in [-0.2, 0) is 11.2 Å². The van der Waals surface area contributed by atoms with E-state index in [1.807, 2.05) is 24.4 Å². The first-order valence-corrected chi connectivity index (χ1v) is 11.3. The normalized spacial score (nSPS) is 15.9. The smallest absolute Gasteiger partial charge is 0.226 e. The lowest BCUT2D eigenvalue weighted by Gasteiger charge is -2.39. The van der Waals surface area contributed by atoms with E-state index in [0.717, 1.165) is 48.4 Å². The van der Waals surface area contributed by atoms with Crippen molar-refractivity contribution in [2.75, 3.05) is 37.6 Å². The number of amides is 1. The number of anilines is 1. The molecule has 6 nitrogen and oxygen atoms in total. The summed E-state index contributed by atoms with van der Waals surface area (Å²) in [5.74, 6) is 1.63. The fourth-order valence-electron chi connectivity index (χ4n) is 3.73. The number of benzene rings is 1. The van der Waals surface area contributed by atoms with Gasteiger partial charge in [0.25, 0.3) is 0 Å². The molecule has 0 bridgehead atoms. The third kappa shape index (κ3) is 5.09. The van der Waals surface area contributed by atoms with Crippen LogP contribution in [0.1, 0.15) is 18.4 Å². The first kappa shape index (κ1) is 20.6. The zero-order chi connectivity index (χ0) is 20.9. The number of furan rings is 1. The Labute approximate surface area is 181 Å². The van der Waals surface area contributed by atoms with Gasteiger partial charge in [0, 0.05) is 49.8 Å². The average Bonchev–Trinajstić information content (AvgIpc) is 3.41. The topological polar surface area (TPSA) is 61.6 Å². The molecule has 1 fully saturated rings. The van der Waals surface area contributed by atoms with Gasteiger partial charge in [0.05, 0.1) is 12.1 Å². The molecule has 0 radical (unpaired) electrons. The fourth-order valence-corrected chi connectivity index (χ4v) is 4.51. The first-order chi connectivity index (χ1) is 14.6. The predicted molar refractivity (Wildman–Crippen MR) is 121 cm³/mol. The van der Waals surface area contributed by atoms with Gasteiger partial charge in [-0.05, 0) is 38.1 Å². The molecule has 7 heteroatoms. The molecule has 1 saturated heterocycles. The summed E-state index contributed by atoms with van der Waals surface area (Å²) in [5, 5.41) is 5.82. The van der Waals surface area contributed by atoms with E-state index in [1.165, 1.54) is 17.0 Å². The summed E-state index contributed by atoms with van der Waals surface area (Å²) in [4.78, 5) is 21.8. The van der Waals surface area contributed by atoms with Crippen LogP contribution in [-0.4, -0.2) is 54.6 Å². The Morgan fingerprint density at radius 1 is 1.17 bits per heavy atom. The highest BCUT2D eigenvalue weighted by Crippen LogP contribution is 2.25. The summed E-state index contributed by atoms with van der Waals surface area (Å²) in [6.07, 6.45) is 0.296. The SMILES string of the molecule is Cc1ccc(-c2nc(CC(=O)NC[C@H](C)N3CCN(c4ccccc4)CC3)cs2)o1. The van der Waals surface area contributed by atoms with Gasteiger partial charge in [-0.3, -0.25) is 9.69 Å². The minimum Gasteiger partial charge on any atom is -0.459 e. The molecule has 1 aliphatic heterocycles. The van der Waals surface area contributed by atoms with Crippen molar-refractivity contribution in [1.82, 2.24) is 15.2 Å². The van der Waals surface area contributed by atoms with Crippen molar-refractivity contribution in [3.63, 3.8) is 0 Å². The third-order valence-electron chi connectivity index (χ3n) is 5.50. The van der Waals surface area contributed by atoms with E-state index in [4.69, 9.17) is 4.42 Å². The standard InChI is InChI=1S/C23H28N4O2S/c1-17(26-10-12-27(13-11-26)20-6-4-3-5-7-20)15-24-22(28)14-19-16-30-23(25-19)21-9-8-18(2)29-21/h3-9,16-17H,10-15H2,1-2H3,(H,24,28)/t17-/m0/s1. The van der Waals surface area contributed by atoms with Crippen molar-refractivity contribution in [3.8, 4) is 10.8 Å². The third-order valence-corrected chi connectivity index (χ3v) is 6.40. The Balaban J connectivity index is 1.21. The van der Waals surface area contributed by atoms with Gasteiger partial charge in [-0.2, -0.15) is 0 Å². The molecule has 3 heterocycles. The molecule has 4 rings (SSSR count). The maximum absolute atomic E-state index is 12.4. The average molecular weight is 425 g/mol. The van der Waals surface area contributed by atoms with Crippen LogP contribution in [0.3, 0.4) is 0 Å². The van der Waals surface area contributed by atoms with E-state index in [1.54, 1.807) is 0 Å². The van der Waals surface area contributed by atoms with Crippen LogP contribution < -0.4 is 10.2 Å². The lowest BCUT2D eigenvalue weighted by atomic mass is 10.2. The number of aromatic nitrogens is 1. The number of nitrogens with zero attached hydrogens (tertiary/aromatic N) is 3. The van der Waals surface area contributed by atoms with Gasteiger partial charge in [-0.15, -0.1) is 11.3 Å². The fraction of sp³-hybridized carbons (Fsp3) is 0.391. The maximum Gasteiger partial charge on any atom is 0.226 e. The summed E-state index contributed by atoms with van der Waals surface area (Å²) < 4.78 is 5.61. The van der Waals surface area contributed by atoms with Gasteiger partial charge in [0.1, 0.15) is 5.76 Å². The van der Waals surface area contributed by atoms with Crippen LogP contribution in [0.25, 0.3) is 10.8 Å². The number of nitrogens with one attached hydrogen (secondary N) is 1. The molecular weight excluding hydrogens is 396 g/mol. The molecule has 3 aromatic rings. The number of rotatable bonds is 7. The van der Waals surface area contributed by atoms with Crippen molar-refractivity contribution < 1.29 is 9.21 Å². The van der Waals surface area contributed by atoms with E-state index in [9.17, 15) is 4.79 Å². The summed E-state index contributed by atoms with van der Waals surface area (Å²) in [6.45, 7) is 8.77. The van der Waals surface area contributed by atoms with Gasteiger partial charge in [0.15, 0.2) is 10.8 Å². The van der Waals surface area contributed by atoms with Gasteiger partial charge >= 0.3 is 0 Å². The number of thiazole rings is 1. The van der Waals surface area contributed by atoms with Crippen LogP contribution in [0.5, 0.6) is 0 Å². The van der Waals surface area contributed by atoms with E-state index in [-0.39, 0.29) is 5.91 Å². The molecule has 1 aliphatic rings.